The van der Waals surface area contributed by atoms with Crippen LogP contribution in [0.2, 0.25) is 0 Å². The minimum Gasteiger partial charge on any atom is -0.316 e. The van der Waals surface area contributed by atoms with Crippen LogP contribution in [0.3, 0.4) is 0 Å². The molecule has 0 spiro atoms. The van der Waals surface area contributed by atoms with Gasteiger partial charge in [0.05, 0.1) is 0 Å². The zero-order chi connectivity index (χ0) is 15.3. The lowest BCUT2D eigenvalue weighted by atomic mass is 9.69. The molecule has 1 saturated heterocycles. The number of hydrogen-bond acceptors (Lipinski definition) is 2. The lowest BCUT2D eigenvalue weighted by molar-refractivity contribution is 0.0462. The van der Waals surface area contributed by atoms with E-state index in [1.807, 2.05) is 0 Å². The average molecular weight is 295 g/mol. The maximum Gasteiger partial charge on any atom is 0.00671 e. The van der Waals surface area contributed by atoms with Crippen LogP contribution >= 0.6 is 0 Å². The summed E-state index contributed by atoms with van der Waals surface area (Å²) in [7, 11) is 0. The van der Waals surface area contributed by atoms with E-state index in [4.69, 9.17) is 0 Å². The minimum atomic E-state index is 0.540. The lowest BCUT2D eigenvalue weighted by Gasteiger charge is -2.46. The number of piperidine rings is 1. The molecule has 0 aromatic rings. The van der Waals surface area contributed by atoms with Crippen LogP contribution in [0.15, 0.2) is 0 Å². The smallest absolute Gasteiger partial charge is 0.00671 e. The van der Waals surface area contributed by atoms with Gasteiger partial charge in [0, 0.05) is 19.1 Å². The Morgan fingerprint density at radius 3 is 2.62 bits per heavy atom. The standard InChI is InChI=1S/C19H38N2/c1-16(2)13-20-14-19(10-7-8-17(3)12-19)15-21-11-6-5-9-18(21)4/h16-18,20H,5-15H2,1-4H3. The molecule has 0 amide bonds. The Hall–Kier alpha value is -0.0800. The fourth-order valence-corrected chi connectivity index (χ4v) is 4.58. The molecule has 2 aliphatic rings. The van der Waals surface area contributed by atoms with Gasteiger partial charge < -0.3 is 10.2 Å². The predicted octanol–water partition coefficient (Wildman–Crippen LogP) is 4.30. The summed E-state index contributed by atoms with van der Waals surface area (Å²) in [6, 6.07) is 0.804. The summed E-state index contributed by atoms with van der Waals surface area (Å²) in [5.74, 6) is 1.68. The molecule has 1 saturated carbocycles. The molecule has 1 N–H and O–H groups in total. The van der Waals surface area contributed by atoms with Crippen LogP contribution in [0.4, 0.5) is 0 Å². The maximum atomic E-state index is 3.79. The number of nitrogens with zero attached hydrogens (tertiary/aromatic N) is 1. The third-order valence-electron chi connectivity index (χ3n) is 5.72. The van der Waals surface area contributed by atoms with Crippen molar-refractivity contribution in [1.82, 2.24) is 10.2 Å². The van der Waals surface area contributed by atoms with Crippen LogP contribution in [0.25, 0.3) is 0 Å². The highest BCUT2D eigenvalue weighted by atomic mass is 15.2. The SMILES string of the molecule is CC(C)CNCC1(CN2CCCCC2C)CCCC(C)C1. The molecular formula is C19H38N2. The highest BCUT2D eigenvalue weighted by molar-refractivity contribution is 4.91. The van der Waals surface area contributed by atoms with E-state index in [2.05, 4.69) is 37.9 Å². The van der Waals surface area contributed by atoms with Crippen molar-refractivity contribution < 1.29 is 0 Å². The number of rotatable bonds is 6. The first kappa shape index (κ1) is 17.3. The summed E-state index contributed by atoms with van der Waals surface area (Å²) in [6.45, 7) is 14.6. The molecular weight excluding hydrogens is 256 g/mol. The Labute approximate surface area is 133 Å². The van der Waals surface area contributed by atoms with Gasteiger partial charge in [-0.15, -0.1) is 0 Å². The molecule has 0 radical (unpaired) electrons. The zero-order valence-electron chi connectivity index (χ0n) is 15.0. The maximum absolute atomic E-state index is 3.79. The third-order valence-corrected chi connectivity index (χ3v) is 5.72. The molecule has 2 fully saturated rings. The van der Waals surface area contributed by atoms with E-state index in [1.165, 1.54) is 71.1 Å². The van der Waals surface area contributed by atoms with E-state index in [-0.39, 0.29) is 0 Å². The molecule has 0 bridgehead atoms. The first-order chi connectivity index (χ1) is 10.0. The van der Waals surface area contributed by atoms with Crippen molar-refractivity contribution in [2.45, 2.75) is 78.7 Å². The fraction of sp³-hybridized carbons (Fsp3) is 1.00. The summed E-state index contributed by atoms with van der Waals surface area (Å²) < 4.78 is 0. The Morgan fingerprint density at radius 1 is 1.14 bits per heavy atom. The molecule has 2 nitrogen and oxygen atoms in total. The van der Waals surface area contributed by atoms with Gasteiger partial charge in [-0.3, -0.25) is 0 Å². The van der Waals surface area contributed by atoms with Gasteiger partial charge in [-0.2, -0.15) is 0 Å². The molecule has 2 heteroatoms. The van der Waals surface area contributed by atoms with Crippen molar-refractivity contribution in [3.63, 3.8) is 0 Å². The van der Waals surface area contributed by atoms with Crippen LogP contribution in [-0.4, -0.2) is 37.1 Å². The van der Waals surface area contributed by atoms with Crippen LogP contribution < -0.4 is 5.32 Å². The molecule has 1 aliphatic carbocycles. The summed E-state index contributed by atoms with van der Waals surface area (Å²) in [4.78, 5) is 2.80. The van der Waals surface area contributed by atoms with E-state index in [1.54, 1.807) is 0 Å². The van der Waals surface area contributed by atoms with Crippen LogP contribution in [0.1, 0.15) is 72.6 Å². The van der Waals surface area contributed by atoms with Crippen molar-refractivity contribution >= 4 is 0 Å². The normalized spacial score (nSPS) is 35.3. The van der Waals surface area contributed by atoms with Gasteiger partial charge in [0.25, 0.3) is 0 Å². The Bertz CT molecular complexity index is 302. The summed E-state index contributed by atoms with van der Waals surface area (Å²) in [6.07, 6.45) is 10.0. The Kier molecular flexibility index (Phi) is 6.55. The quantitative estimate of drug-likeness (QED) is 0.785. The second-order valence-corrected chi connectivity index (χ2v) is 8.54. The average Bonchev–Trinajstić information content (AvgIpc) is 2.41. The molecule has 3 unspecified atom stereocenters. The largest absolute Gasteiger partial charge is 0.316 e. The molecule has 3 atom stereocenters. The summed E-state index contributed by atoms with van der Waals surface area (Å²) in [5.41, 5.74) is 0.540. The highest BCUT2D eigenvalue weighted by Gasteiger charge is 2.37. The monoisotopic (exact) mass is 294 g/mol. The van der Waals surface area contributed by atoms with Gasteiger partial charge in [-0.05, 0) is 62.9 Å². The summed E-state index contributed by atoms with van der Waals surface area (Å²) in [5, 5.41) is 3.79. The van der Waals surface area contributed by atoms with E-state index in [9.17, 15) is 0 Å². The van der Waals surface area contributed by atoms with Crippen molar-refractivity contribution in [3.05, 3.63) is 0 Å². The predicted molar refractivity (Wildman–Crippen MR) is 92.7 cm³/mol. The second kappa shape index (κ2) is 7.97. The van der Waals surface area contributed by atoms with E-state index in [0.717, 1.165) is 17.9 Å². The fourth-order valence-electron chi connectivity index (χ4n) is 4.58. The summed E-state index contributed by atoms with van der Waals surface area (Å²) >= 11 is 0. The second-order valence-electron chi connectivity index (χ2n) is 8.54. The Morgan fingerprint density at radius 2 is 1.95 bits per heavy atom. The molecule has 1 heterocycles. The van der Waals surface area contributed by atoms with Gasteiger partial charge in [0.2, 0.25) is 0 Å². The van der Waals surface area contributed by atoms with E-state index < -0.39 is 0 Å². The van der Waals surface area contributed by atoms with Gasteiger partial charge in [0.1, 0.15) is 0 Å². The Balaban J connectivity index is 1.96. The van der Waals surface area contributed by atoms with Gasteiger partial charge >= 0.3 is 0 Å². The van der Waals surface area contributed by atoms with Gasteiger partial charge in [0.15, 0.2) is 0 Å². The topological polar surface area (TPSA) is 15.3 Å². The molecule has 21 heavy (non-hydrogen) atoms. The minimum absolute atomic E-state index is 0.540. The molecule has 1 aliphatic heterocycles. The first-order valence-electron chi connectivity index (χ1n) is 9.45. The lowest BCUT2D eigenvalue weighted by Crippen LogP contribution is -2.50. The number of nitrogens with one attached hydrogen (secondary N) is 1. The van der Waals surface area contributed by atoms with Crippen molar-refractivity contribution in [2.24, 2.45) is 17.3 Å². The van der Waals surface area contributed by atoms with Crippen LogP contribution in [-0.2, 0) is 0 Å². The number of likely N-dealkylation sites (tertiary alicyclic amines) is 1. The van der Waals surface area contributed by atoms with Gasteiger partial charge in [-0.25, -0.2) is 0 Å². The molecule has 0 aromatic carbocycles. The van der Waals surface area contributed by atoms with Crippen LogP contribution in [0.5, 0.6) is 0 Å². The van der Waals surface area contributed by atoms with Crippen LogP contribution in [0, 0.1) is 17.3 Å². The zero-order valence-corrected chi connectivity index (χ0v) is 15.0. The van der Waals surface area contributed by atoms with Crippen molar-refractivity contribution in [3.8, 4) is 0 Å². The molecule has 2 rings (SSSR count). The highest BCUT2D eigenvalue weighted by Crippen LogP contribution is 2.40. The first-order valence-corrected chi connectivity index (χ1v) is 9.45. The molecule has 0 aromatic heterocycles. The molecule has 124 valence electrons. The third kappa shape index (κ3) is 5.25. The van der Waals surface area contributed by atoms with Crippen molar-refractivity contribution in [2.75, 3.05) is 26.2 Å². The van der Waals surface area contributed by atoms with Gasteiger partial charge in [-0.1, -0.05) is 40.0 Å². The van der Waals surface area contributed by atoms with E-state index in [0.29, 0.717) is 5.41 Å². The number of hydrogen-bond donors (Lipinski definition) is 1. The van der Waals surface area contributed by atoms with E-state index >= 15 is 0 Å². The van der Waals surface area contributed by atoms with Crippen molar-refractivity contribution in [1.29, 1.82) is 0 Å².